The lowest BCUT2D eigenvalue weighted by molar-refractivity contribution is 0.0548. The third-order valence-corrected chi connectivity index (χ3v) is 4.30. The summed E-state index contributed by atoms with van der Waals surface area (Å²) in [5.74, 6) is 0.0325. The monoisotopic (exact) mass is 322 g/mol. The van der Waals surface area contributed by atoms with Crippen molar-refractivity contribution in [3.63, 3.8) is 0 Å². The third-order valence-electron chi connectivity index (χ3n) is 3.64. The van der Waals surface area contributed by atoms with Gasteiger partial charge in [-0.3, -0.25) is 4.79 Å². The minimum atomic E-state index is -0.265. The normalized spacial score (nSPS) is 17.1. The Morgan fingerprint density at radius 3 is 2.84 bits per heavy atom. The average molecular weight is 323 g/mol. The molecule has 1 aliphatic heterocycles. The summed E-state index contributed by atoms with van der Waals surface area (Å²) in [4.78, 5) is 17.5. The molecular formula is C14H15BrN2O2. The molecule has 100 valence electrons. The smallest absolute Gasteiger partial charge is 0.256 e. The van der Waals surface area contributed by atoms with E-state index >= 15 is 0 Å². The number of nitrogens with zero attached hydrogens (tertiary/aromatic N) is 1. The molecule has 5 heteroatoms. The molecular weight excluding hydrogens is 308 g/mol. The molecule has 0 bridgehead atoms. The number of H-pyrrole nitrogens is 1. The minimum absolute atomic E-state index is 0.0325. The summed E-state index contributed by atoms with van der Waals surface area (Å²) in [6, 6.07) is 5.83. The Morgan fingerprint density at radius 2 is 2.11 bits per heavy atom. The van der Waals surface area contributed by atoms with E-state index in [4.69, 9.17) is 0 Å². The number of benzene rings is 1. The van der Waals surface area contributed by atoms with Gasteiger partial charge in [0.05, 0.1) is 11.7 Å². The van der Waals surface area contributed by atoms with Crippen molar-refractivity contribution in [1.29, 1.82) is 0 Å². The van der Waals surface area contributed by atoms with Crippen molar-refractivity contribution in [1.82, 2.24) is 9.88 Å². The molecule has 1 aromatic carbocycles. The molecule has 0 aliphatic carbocycles. The first-order valence-electron chi connectivity index (χ1n) is 6.40. The van der Waals surface area contributed by atoms with Gasteiger partial charge in [0.2, 0.25) is 0 Å². The van der Waals surface area contributed by atoms with Gasteiger partial charge in [-0.25, -0.2) is 0 Å². The number of nitrogens with one attached hydrogen (secondary N) is 1. The van der Waals surface area contributed by atoms with Crippen LogP contribution in [-0.2, 0) is 0 Å². The molecule has 1 aromatic heterocycles. The van der Waals surface area contributed by atoms with Gasteiger partial charge < -0.3 is 15.0 Å². The molecule has 2 aromatic rings. The average Bonchev–Trinajstić information content (AvgIpc) is 2.84. The minimum Gasteiger partial charge on any atom is -0.393 e. The number of hydrogen-bond donors (Lipinski definition) is 2. The van der Waals surface area contributed by atoms with Crippen LogP contribution in [0.4, 0.5) is 0 Å². The van der Waals surface area contributed by atoms with Crippen LogP contribution in [0, 0.1) is 0 Å². The van der Waals surface area contributed by atoms with Crippen molar-refractivity contribution in [2.45, 2.75) is 18.9 Å². The Labute approximate surface area is 119 Å². The summed E-state index contributed by atoms with van der Waals surface area (Å²) in [6.07, 6.45) is 2.83. The molecule has 0 unspecified atom stereocenters. The van der Waals surface area contributed by atoms with E-state index < -0.39 is 0 Å². The lowest BCUT2D eigenvalue weighted by atomic mass is 10.1. The number of aliphatic hydroxyl groups is 1. The number of carbonyl (C=O) groups is 1. The van der Waals surface area contributed by atoms with Crippen molar-refractivity contribution >= 4 is 32.7 Å². The highest BCUT2D eigenvalue weighted by atomic mass is 79.9. The first kappa shape index (κ1) is 12.7. The highest BCUT2D eigenvalue weighted by Crippen LogP contribution is 2.28. The number of carbonyl (C=O) groups excluding carboxylic acids is 1. The summed E-state index contributed by atoms with van der Waals surface area (Å²) in [6.45, 7) is 1.24. The predicted octanol–water partition coefficient (Wildman–Crippen LogP) is 2.53. The molecule has 0 atom stereocenters. The maximum Gasteiger partial charge on any atom is 0.256 e. The zero-order chi connectivity index (χ0) is 13.4. The van der Waals surface area contributed by atoms with Crippen LogP contribution in [0.15, 0.2) is 28.9 Å². The lowest BCUT2D eigenvalue weighted by Gasteiger charge is -2.29. The van der Waals surface area contributed by atoms with Gasteiger partial charge in [0.15, 0.2) is 0 Å². The number of likely N-dealkylation sites (tertiary alicyclic amines) is 1. The summed E-state index contributed by atoms with van der Waals surface area (Å²) in [7, 11) is 0. The first-order chi connectivity index (χ1) is 9.16. The zero-order valence-corrected chi connectivity index (χ0v) is 12.0. The number of piperidine rings is 1. The number of halogens is 1. The van der Waals surface area contributed by atoms with Gasteiger partial charge in [-0.2, -0.15) is 0 Å². The summed E-state index contributed by atoms with van der Waals surface area (Å²) < 4.78 is 0.923. The number of fused-ring (bicyclic) bond motifs is 1. The van der Waals surface area contributed by atoms with Crippen LogP contribution in [0.3, 0.4) is 0 Å². The largest absolute Gasteiger partial charge is 0.393 e. The van der Waals surface area contributed by atoms with E-state index in [0.717, 1.165) is 15.4 Å². The predicted molar refractivity (Wildman–Crippen MR) is 77.1 cm³/mol. The van der Waals surface area contributed by atoms with Gasteiger partial charge in [-0.1, -0.05) is 22.0 Å². The van der Waals surface area contributed by atoms with E-state index in [2.05, 4.69) is 20.9 Å². The molecule has 2 N–H and O–H groups in total. The zero-order valence-electron chi connectivity index (χ0n) is 10.4. The van der Waals surface area contributed by atoms with Crippen molar-refractivity contribution in [3.8, 4) is 0 Å². The molecule has 4 nitrogen and oxygen atoms in total. The molecule has 19 heavy (non-hydrogen) atoms. The van der Waals surface area contributed by atoms with Crippen molar-refractivity contribution in [2.24, 2.45) is 0 Å². The number of rotatable bonds is 1. The van der Waals surface area contributed by atoms with Gasteiger partial charge in [-0.15, -0.1) is 0 Å². The molecule has 0 radical (unpaired) electrons. The summed E-state index contributed by atoms with van der Waals surface area (Å²) >= 11 is 3.50. The van der Waals surface area contributed by atoms with E-state index in [1.807, 2.05) is 23.1 Å². The van der Waals surface area contributed by atoms with E-state index in [0.29, 0.717) is 31.5 Å². The third kappa shape index (κ3) is 2.28. The Morgan fingerprint density at radius 1 is 1.37 bits per heavy atom. The maximum atomic E-state index is 12.5. The molecule has 0 spiro atoms. The Hall–Kier alpha value is -1.33. The maximum absolute atomic E-state index is 12.5. The van der Waals surface area contributed by atoms with Gasteiger partial charge in [0, 0.05) is 34.7 Å². The highest BCUT2D eigenvalue weighted by molar-refractivity contribution is 9.10. The summed E-state index contributed by atoms with van der Waals surface area (Å²) in [5, 5.41) is 10.4. The second-order valence-electron chi connectivity index (χ2n) is 4.89. The molecule has 1 saturated heterocycles. The topological polar surface area (TPSA) is 56.3 Å². The Bertz CT molecular complexity index is 615. The van der Waals surface area contributed by atoms with Gasteiger partial charge in [0.1, 0.15) is 0 Å². The van der Waals surface area contributed by atoms with Crippen LogP contribution in [0.1, 0.15) is 23.2 Å². The van der Waals surface area contributed by atoms with Crippen molar-refractivity contribution in [3.05, 3.63) is 34.4 Å². The number of amides is 1. The van der Waals surface area contributed by atoms with E-state index in [9.17, 15) is 9.90 Å². The SMILES string of the molecule is O=C(c1c[nH]c2cccc(Br)c12)N1CCC(O)CC1. The molecule has 2 heterocycles. The van der Waals surface area contributed by atoms with Crippen LogP contribution in [0.2, 0.25) is 0 Å². The fourth-order valence-electron chi connectivity index (χ4n) is 2.55. The van der Waals surface area contributed by atoms with Crippen molar-refractivity contribution in [2.75, 3.05) is 13.1 Å². The van der Waals surface area contributed by atoms with Gasteiger partial charge in [0.25, 0.3) is 5.91 Å². The fourth-order valence-corrected chi connectivity index (χ4v) is 3.13. The Kier molecular flexibility index (Phi) is 3.33. The fraction of sp³-hybridized carbons (Fsp3) is 0.357. The quantitative estimate of drug-likeness (QED) is 0.847. The second kappa shape index (κ2) is 4.98. The molecule has 1 amide bonds. The highest BCUT2D eigenvalue weighted by Gasteiger charge is 2.24. The van der Waals surface area contributed by atoms with E-state index in [1.54, 1.807) is 6.20 Å². The number of aromatic nitrogens is 1. The molecule has 1 aliphatic rings. The summed E-state index contributed by atoms with van der Waals surface area (Å²) in [5.41, 5.74) is 1.65. The van der Waals surface area contributed by atoms with Crippen LogP contribution >= 0.6 is 15.9 Å². The number of hydrogen-bond acceptors (Lipinski definition) is 2. The molecule has 1 fully saturated rings. The van der Waals surface area contributed by atoms with Crippen LogP contribution in [0.5, 0.6) is 0 Å². The van der Waals surface area contributed by atoms with Crippen LogP contribution < -0.4 is 0 Å². The first-order valence-corrected chi connectivity index (χ1v) is 7.19. The molecule has 3 rings (SSSR count). The van der Waals surface area contributed by atoms with Gasteiger partial charge in [-0.05, 0) is 25.0 Å². The second-order valence-corrected chi connectivity index (χ2v) is 5.74. The van der Waals surface area contributed by atoms with Crippen LogP contribution in [-0.4, -0.2) is 40.1 Å². The van der Waals surface area contributed by atoms with Crippen LogP contribution in [0.25, 0.3) is 10.9 Å². The standard InChI is InChI=1S/C14H15BrN2O2/c15-11-2-1-3-12-13(11)10(8-16-12)14(19)17-6-4-9(18)5-7-17/h1-3,8-9,16,18H,4-7H2. The Balaban J connectivity index is 1.94. The number of aromatic amines is 1. The van der Waals surface area contributed by atoms with E-state index in [-0.39, 0.29) is 12.0 Å². The number of aliphatic hydroxyl groups excluding tert-OH is 1. The lowest BCUT2D eigenvalue weighted by Crippen LogP contribution is -2.40. The van der Waals surface area contributed by atoms with Gasteiger partial charge >= 0.3 is 0 Å². The molecule has 0 saturated carbocycles. The van der Waals surface area contributed by atoms with E-state index in [1.165, 1.54) is 0 Å². The van der Waals surface area contributed by atoms with Crippen molar-refractivity contribution < 1.29 is 9.90 Å².